The first-order chi connectivity index (χ1) is 13.5. The van der Waals surface area contributed by atoms with Gasteiger partial charge in [0, 0.05) is 0 Å². The molecule has 1 aliphatic heterocycles. The summed E-state index contributed by atoms with van der Waals surface area (Å²) in [4.78, 5) is 12.9. The average molecular weight is 373 g/mol. The quantitative estimate of drug-likeness (QED) is 0.447. The van der Waals surface area contributed by atoms with Crippen LogP contribution in [0.4, 0.5) is 0 Å². The van der Waals surface area contributed by atoms with Crippen LogP contribution in [-0.4, -0.2) is 29.1 Å². The number of phenols is 2. The number of ether oxygens (including phenoxy) is 1. The van der Waals surface area contributed by atoms with E-state index in [1.165, 1.54) is 6.07 Å². The summed E-state index contributed by atoms with van der Waals surface area (Å²) >= 11 is 0. The zero-order chi connectivity index (χ0) is 19.9. The van der Waals surface area contributed by atoms with Crippen molar-refractivity contribution in [3.05, 3.63) is 83.5 Å². The molecule has 2 N–H and O–H groups in total. The van der Waals surface area contributed by atoms with Crippen molar-refractivity contribution in [3.63, 3.8) is 0 Å². The molecule has 5 heteroatoms. The molecule has 0 amide bonds. The number of hydrogen-bond acceptors (Lipinski definition) is 4. The van der Waals surface area contributed by atoms with Crippen molar-refractivity contribution in [1.29, 1.82) is 0 Å². The summed E-state index contributed by atoms with van der Waals surface area (Å²) in [6.07, 6.45) is 9.78. The number of phenolic OH excluding ortho intramolecular Hbond substituents is 2. The van der Waals surface area contributed by atoms with E-state index in [1.807, 2.05) is 42.5 Å². The van der Waals surface area contributed by atoms with Crippen molar-refractivity contribution in [2.24, 2.45) is 0 Å². The van der Waals surface area contributed by atoms with E-state index in [0.717, 1.165) is 24.5 Å². The summed E-state index contributed by atoms with van der Waals surface area (Å²) in [7, 11) is 6.06. The average Bonchev–Trinajstić information content (AvgIpc) is 2.65. The number of cyclic esters (lactones) is 1. The molecule has 0 fully saturated rings. The molecule has 0 aromatic heterocycles. The van der Waals surface area contributed by atoms with Gasteiger partial charge >= 0.3 is 165 Å². The Bertz CT molecular complexity index is 916. The third kappa shape index (κ3) is 5.00. The Morgan fingerprint density at radius 2 is 1.75 bits per heavy atom. The number of allylic oxidation sites excluding steroid dienone is 3. The van der Waals surface area contributed by atoms with Crippen molar-refractivity contribution in [2.45, 2.75) is 31.8 Å². The molecule has 0 spiro atoms. The van der Waals surface area contributed by atoms with Gasteiger partial charge in [0.05, 0.1) is 0 Å². The molecule has 0 saturated carbocycles. The van der Waals surface area contributed by atoms with Crippen LogP contribution < -0.4 is 0 Å². The number of aromatic hydroxyl groups is 2. The molecule has 1 atom stereocenters. The predicted molar refractivity (Wildman–Crippen MR) is 111 cm³/mol. The van der Waals surface area contributed by atoms with E-state index < -0.39 is 12.1 Å². The molecule has 1 heterocycles. The van der Waals surface area contributed by atoms with Crippen LogP contribution in [0.25, 0.3) is 0 Å². The normalized spacial score (nSPS) is 20.5. The maximum absolute atomic E-state index is 12.9. The van der Waals surface area contributed by atoms with Gasteiger partial charge in [0.2, 0.25) is 0 Å². The van der Waals surface area contributed by atoms with Crippen molar-refractivity contribution in [1.82, 2.24) is 0 Å². The molecule has 1 aliphatic rings. The molecule has 141 valence electrons. The van der Waals surface area contributed by atoms with Gasteiger partial charge < -0.3 is 0 Å². The topological polar surface area (TPSA) is 66.8 Å². The Morgan fingerprint density at radius 3 is 2.54 bits per heavy atom. The second-order valence-corrected chi connectivity index (χ2v) is 6.74. The van der Waals surface area contributed by atoms with Gasteiger partial charge in [-0.1, -0.05) is 0 Å². The maximum atomic E-state index is 12.9. The van der Waals surface area contributed by atoms with Crippen LogP contribution in [0.3, 0.4) is 0 Å². The van der Waals surface area contributed by atoms with Crippen molar-refractivity contribution >= 4 is 18.9 Å². The van der Waals surface area contributed by atoms with Crippen LogP contribution >= 0.6 is 0 Å². The zero-order valence-corrected chi connectivity index (χ0v) is 15.5. The number of carbonyl (C=O) groups excluding carboxylic acids is 1. The van der Waals surface area contributed by atoms with Crippen LogP contribution in [0.1, 0.15) is 46.9 Å². The van der Waals surface area contributed by atoms with Gasteiger partial charge in [-0.05, 0) is 0 Å². The van der Waals surface area contributed by atoms with Crippen LogP contribution in [0.2, 0.25) is 0 Å². The molecule has 0 saturated heterocycles. The predicted octanol–water partition coefficient (Wildman–Crippen LogP) is 4.18. The fourth-order valence-electron chi connectivity index (χ4n) is 3.20. The number of esters is 1. The minimum atomic E-state index is -0.649. The van der Waals surface area contributed by atoms with E-state index in [9.17, 15) is 15.0 Å². The van der Waals surface area contributed by atoms with Gasteiger partial charge in [0.1, 0.15) is 0 Å². The first-order valence-electron chi connectivity index (χ1n) is 9.28. The van der Waals surface area contributed by atoms with Gasteiger partial charge in [0.25, 0.3) is 0 Å². The van der Waals surface area contributed by atoms with E-state index in [4.69, 9.17) is 12.2 Å². The van der Waals surface area contributed by atoms with Crippen molar-refractivity contribution in [2.75, 3.05) is 0 Å². The van der Waals surface area contributed by atoms with Gasteiger partial charge in [-0.2, -0.15) is 0 Å². The van der Waals surface area contributed by atoms with E-state index in [-0.39, 0.29) is 23.5 Å². The molecule has 2 aromatic carbocycles. The molecule has 3 rings (SSSR count). The second-order valence-electron chi connectivity index (χ2n) is 6.74. The summed E-state index contributed by atoms with van der Waals surface area (Å²) in [5, 5.41) is 20.2. The Hall–Kier alpha value is -3.08. The van der Waals surface area contributed by atoms with E-state index >= 15 is 0 Å². The molecular weight excluding hydrogens is 351 g/mol. The molecule has 0 bridgehead atoms. The van der Waals surface area contributed by atoms with E-state index in [2.05, 4.69) is 6.08 Å². The van der Waals surface area contributed by atoms with Crippen LogP contribution in [0, 0.1) is 0 Å². The Balaban J connectivity index is 2.01. The van der Waals surface area contributed by atoms with Crippen LogP contribution in [-0.2, 0) is 11.2 Å². The van der Waals surface area contributed by atoms with Crippen molar-refractivity contribution < 1.29 is 19.7 Å². The third-order valence-electron chi connectivity index (χ3n) is 4.55. The molecule has 4 nitrogen and oxygen atoms in total. The van der Waals surface area contributed by atoms with Gasteiger partial charge in [0.15, 0.2) is 0 Å². The fraction of sp³-hybridized carbons (Fsp3) is 0.217. The molecule has 1 radical (unpaired) electrons. The fourth-order valence-corrected chi connectivity index (χ4v) is 3.20. The molecule has 2 aromatic rings. The number of fused-ring (bicyclic) bond motifs is 1. The minimum absolute atomic E-state index is 0.0242. The first kappa shape index (κ1) is 19.7. The first-order valence-corrected chi connectivity index (χ1v) is 9.28. The van der Waals surface area contributed by atoms with Crippen molar-refractivity contribution in [3.8, 4) is 11.5 Å². The molecular formula is C23H22BO4. The summed E-state index contributed by atoms with van der Waals surface area (Å²) in [6.45, 7) is 0. The molecule has 28 heavy (non-hydrogen) atoms. The molecule has 0 aliphatic carbocycles. The summed E-state index contributed by atoms with van der Waals surface area (Å²) < 4.78 is 5.76. The Kier molecular flexibility index (Phi) is 6.48. The Morgan fingerprint density at radius 1 is 1.00 bits per heavy atom. The van der Waals surface area contributed by atoms with E-state index in [0.29, 0.717) is 17.4 Å². The number of hydrogen-bond donors (Lipinski definition) is 2. The van der Waals surface area contributed by atoms with Gasteiger partial charge in [-0.3, -0.25) is 0 Å². The summed E-state index contributed by atoms with van der Waals surface area (Å²) in [5.74, 6) is -1.11. The number of benzene rings is 2. The van der Waals surface area contributed by atoms with Crippen LogP contribution in [0.5, 0.6) is 11.5 Å². The summed E-state index contributed by atoms with van der Waals surface area (Å²) in [5.41, 5.74) is 1.85. The zero-order valence-electron chi connectivity index (χ0n) is 15.5. The van der Waals surface area contributed by atoms with E-state index in [1.54, 1.807) is 6.08 Å². The monoisotopic (exact) mass is 373 g/mol. The second kappa shape index (κ2) is 9.22. The standard InChI is InChI=1S/C23H22BO4/c24-18-11-7-2-1-3-8-12-21(16-9-5-4-6-10-16)28-23(27)22-17(13-18)14-19(25)15-20(22)26/h3-11,14-15,21,25-26H,1-2,12-13H2/b8-3+,11-7+. The Labute approximate surface area is 165 Å². The number of carbonyl (C=O) groups is 1. The third-order valence-corrected chi connectivity index (χ3v) is 4.55. The van der Waals surface area contributed by atoms with Gasteiger partial charge in [-0.15, -0.1) is 0 Å². The SMILES string of the molecule is [B]=C1/C=C/CC/C=C/CC(c2ccccc2)OC(=O)c2c(O)cc(O)cc2C1. The summed E-state index contributed by atoms with van der Waals surface area (Å²) in [6, 6.07) is 12.1. The van der Waals surface area contributed by atoms with Gasteiger partial charge in [-0.25, -0.2) is 0 Å². The van der Waals surface area contributed by atoms with Crippen LogP contribution in [0.15, 0.2) is 66.8 Å². The number of rotatable bonds is 1. The molecule has 1 unspecified atom stereocenters.